The van der Waals surface area contributed by atoms with Crippen LogP contribution in [-0.4, -0.2) is 31.6 Å². The van der Waals surface area contributed by atoms with E-state index in [-0.39, 0.29) is 17.7 Å². The lowest BCUT2D eigenvalue weighted by Crippen LogP contribution is -2.34. The summed E-state index contributed by atoms with van der Waals surface area (Å²) in [4.78, 5) is 30.1. The predicted octanol–water partition coefficient (Wildman–Crippen LogP) is 8.48. The summed E-state index contributed by atoms with van der Waals surface area (Å²) in [6.45, 7) is 9.12. The number of carbonyl (C=O) groups is 1. The van der Waals surface area contributed by atoms with E-state index in [0.717, 1.165) is 33.4 Å². The first kappa shape index (κ1) is 33.0. The van der Waals surface area contributed by atoms with Gasteiger partial charge in [-0.3, -0.25) is 15.0 Å². The zero-order valence-electron chi connectivity index (χ0n) is 26.8. The molecule has 4 heterocycles. The predicted molar refractivity (Wildman–Crippen MR) is 180 cm³/mol. The molecule has 0 aliphatic heterocycles. The summed E-state index contributed by atoms with van der Waals surface area (Å²) >= 11 is 0. The number of halogens is 2. The second-order valence-electron chi connectivity index (χ2n) is 12.1. The molecule has 8 nitrogen and oxygen atoms in total. The Hall–Kier alpha value is -5.35. The Bertz CT molecular complexity index is 2020. The number of benzene rings is 2. The van der Waals surface area contributed by atoms with Crippen molar-refractivity contribution in [3.63, 3.8) is 0 Å². The first-order valence-electron chi connectivity index (χ1n) is 15.2. The highest BCUT2D eigenvalue weighted by molar-refractivity contribution is 5.85. The quantitative estimate of drug-likeness (QED) is 0.195. The summed E-state index contributed by atoms with van der Waals surface area (Å²) in [5.74, 6) is -0.608. The molecule has 2 unspecified atom stereocenters. The summed E-state index contributed by atoms with van der Waals surface area (Å²) < 4.78 is 32.3. The van der Waals surface area contributed by atoms with Gasteiger partial charge in [0.2, 0.25) is 0 Å². The third-order valence-electron chi connectivity index (χ3n) is 7.07. The van der Waals surface area contributed by atoms with E-state index in [0.29, 0.717) is 22.3 Å². The van der Waals surface area contributed by atoms with Crippen molar-refractivity contribution in [2.24, 2.45) is 5.73 Å². The zero-order valence-corrected chi connectivity index (χ0v) is 26.8. The van der Waals surface area contributed by atoms with Crippen molar-refractivity contribution in [3.05, 3.63) is 120 Å². The van der Waals surface area contributed by atoms with Gasteiger partial charge in [0, 0.05) is 40.3 Å². The van der Waals surface area contributed by atoms with E-state index in [2.05, 4.69) is 25.3 Å². The zero-order chi connectivity index (χ0) is 33.7. The molecule has 0 saturated carbocycles. The topological polar surface area (TPSA) is 116 Å². The number of nitrogens with zero attached hydrogens (tertiary/aromatic N) is 4. The molecule has 4 aromatic heterocycles. The van der Waals surface area contributed by atoms with Gasteiger partial charge in [-0.25, -0.2) is 18.6 Å². The molecule has 2 aromatic carbocycles. The number of pyridine rings is 4. The van der Waals surface area contributed by atoms with Crippen molar-refractivity contribution < 1.29 is 18.3 Å². The molecule has 3 N–H and O–H groups in total. The number of rotatable bonds is 5. The van der Waals surface area contributed by atoms with E-state index >= 15 is 0 Å². The van der Waals surface area contributed by atoms with Gasteiger partial charge in [0.1, 0.15) is 17.2 Å². The van der Waals surface area contributed by atoms with Crippen molar-refractivity contribution in [2.45, 2.75) is 52.3 Å². The van der Waals surface area contributed by atoms with E-state index < -0.39 is 17.7 Å². The Balaban J connectivity index is 0.000000193. The third kappa shape index (κ3) is 8.28. The molecular weight excluding hydrogens is 598 g/mol. The van der Waals surface area contributed by atoms with Crippen LogP contribution < -0.4 is 11.1 Å². The molecule has 0 bridgehead atoms. The van der Waals surface area contributed by atoms with Crippen LogP contribution in [0.4, 0.5) is 13.6 Å². The van der Waals surface area contributed by atoms with Crippen molar-refractivity contribution in [3.8, 4) is 22.5 Å². The van der Waals surface area contributed by atoms with E-state index in [4.69, 9.17) is 10.5 Å². The summed E-state index contributed by atoms with van der Waals surface area (Å²) in [5.41, 5.74) is 11.3. The monoisotopic (exact) mass is 634 g/mol. The first-order valence-corrected chi connectivity index (χ1v) is 15.2. The first-order chi connectivity index (χ1) is 22.4. The van der Waals surface area contributed by atoms with Gasteiger partial charge in [0.25, 0.3) is 0 Å². The molecule has 2 atom stereocenters. The Labute approximate surface area is 272 Å². The summed E-state index contributed by atoms with van der Waals surface area (Å²) in [5, 5.41) is 4.23. The molecule has 240 valence electrons. The van der Waals surface area contributed by atoms with Crippen LogP contribution in [0.2, 0.25) is 0 Å². The van der Waals surface area contributed by atoms with Crippen LogP contribution in [0.1, 0.15) is 58.1 Å². The van der Waals surface area contributed by atoms with Gasteiger partial charge in [-0.15, -0.1) is 0 Å². The summed E-state index contributed by atoms with van der Waals surface area (Å²) in [6.07, 6.45) is 2.87. The molecular formula is C37H36F2N6O2. The average molecular weight is 635 g/mol. The minimum atomic E-state index is -0.595. The third-order valence-corrected chi connectivity index (χ3v) is 7.07. The lowest BCUT2D eigenvalue weighted by molar-refractivity contribution is 0.0507. The van der Waals surface area contributed by atoms with Gasteiger partial charge in [-0.05, 0) is 107 Å². The van der Waals surface area contributed by atoms with Crippen molar-refractivity contribution in [1.29, 1.82) is 0 Å². The number of hydrogen-bond acceptors (Lipinski definition) is 7. The van der Waals surface area contributed by atoms with Crippen LogP contribution in [0.25, 0.3) is 44.3 Å². The minimum absolute atomic E-state index is 0.221. The normalized spacial score (nSPS) is 12.6. The van der Waals surface area contributed by atoms with Crippen molar-refractivity contribution >= 4 is 27.9 Å². The van der Waals surface area contributed by atoms with Crippen LogP contribution in [0.3, 0.4) is 0 Å². The smallest absolute Gasteiger partial charge is 0.408 e. The lowest BCUT2D eigenvalue weighted by atomic mass is 10.0. The van der Waals surface area contributed by atoms with Gasteiger partial charge < -0.3 is 15.8 Å². The number of ether oxygens (including phenoxy) is 1. The van der Waals surface area contributed by atoms with Gasteiger partial charge in [-0.2, -0.15) is 0 Å². The fourth-order valence-corrected chi connectivity index (χ4v) is 5.01. The number of nitrogens with one attached hydrogen (secondary N) is 1. The SMILES string of the molecule is CC(N)c1nc2ccc(F)cc2cc1-c1ccccn1.CC(NC(=O)OC(C)(C)C)c1nc2ccc(F)cc2cc1-c1ccccn1. The molecule has 0 saturated heterocycles. The van der Waals surface area contributed by atoms with Gasteiger partial charge in [0.15, 0.2) is 0 Å². The standard InChI is InChI=1S/C21H22FN3O2.C16H14FN3/c1-13(24-20(26)27-21(2,3)4)19-16(18-7-5-6-10-23-18)12-14-11-15(22)8-9-17(14)25-19;1-10(18)16-13(15-4-2-3-7-19-15)9-11-8-12(17)5-6-14(11)20-16/h5-13H,1-4H3,(H,24,26);2-10H,18H2,1H3. The largest absolute Gasteiger partial charge is 0.444 e. The second kappa shape index (κ2) is 14.0. The number of amides is 1. The summed E-state index contributed by atoms with van der Waals surface area (Å²) in [6, 6.07) is 23.3. The van der Waals surface area contributed by atoms with E-state index in [1.165, 1.54) is 24.3 Å². The lowest BCUT2D eigenvalue weighted by Gasteiger charge is -2.23. The van der Waals surface area contributed by atoms with Crippen molar-refractivity contribution in [2.75, 3.05) is 0 Å². The molecule has 0 radical (unpaired) electrons. The number of fused-ring (bicyclic) bond motifs is 2. The highest BCUT2D eigenvalue weighted by atomic mass is 19.1. The van der Waals surface area contributed by atoms with Crippen molar-refractivity contribution in [1.82, 2.24) is 25.3 Å². The van der Waals surface area contributed by atoms with Gasteiger partial charge >= 0.3 is 6.09 Å². The number of hydrogen-bond donors (Lipinski definition) is 2. The molecule has 6 aromatic rings. The number of aromatic nitrogens is 4. The Kier molecular flexibility index (Phi) is 9.81. The van der Waals surface area contributed by atoms with Gasteiger partial charge in [0.05, 0.1) is 39.9 Å². The average Bonchev–Trinajstić information content (AvgIpc) is 3.03. The summed E-state index contributed by atoms with van der Waals surface area (Å²) in [7, 11) is 0. The van der Waals surface area contributed by atoms with E-state index in [9.17, 15) is 13.6 Å². The Morgan fingerprint density at radius 2 is 1.23 bits per heavy atom. The second-order valence-corrected chi connectivity index (χ2v) is 12.1. The molecule has 0 spiro atoms. The molecule has 47 heavy (non-hydrogen) atoms. The Morgan fingerprint density at radius 3 is 1.68 bits per heavy atom. The molecule has 0 aliphatic rings. The molecule has 0 fully saturated rings. The van der Waals surface area contributed by atoms with Crippen LogP contribution in [-0.2, 0) is 4.74 Å². The highest BCUT2D eigenvalue weighted by Gasteiger charge is 2.22. The maximum Gasteiger partial charge on any atom is 0.408 e. The maximum atomic E-state index is 13.6. The fourth-order valence-electron chi connectivity index (χ4n) is 5.01. The number of alkyl carbamates (subject to hydrolysis) is 1. The molecule has 1 amide bonds. The molecule has 10 heteroatoms. The van der Waals surface area contributed by atoms with Crippen LogP contribution in [0.15, 0.2) is 97.3 Å². The van der Waals surface area contributed by atoms with Crippen LogP contribution >= 0.6 is 0 Å². The minimum Gasteiger partial charge on any atom is -0.444 e. The van der Waals surface area contributed by atoms with Crippen LogP contribution in [0, 0.1) is 11.6 Å². The number of nitrogens with two attached hydrogens (primary N) is 1. The van der Waals surface area contributed by atoms with Gasteiger partial charge in [-0.1, -0.05) is 12.1 Å². The maximum absolute atomic E-state index is 13.6. The molecule has 0 aliphatic carbocycles. The fraction of sp³-hybridized carbons (Fsp3) is 0.216. The Morgan fingerprint density at radius 1 is 0.745 bits per heavy atom. The van der Waals surface area contributed by atoms with Crippen LogP contribution in [0.5, 0.6) is 0 Å². The van der Waals surface area contributed by atoms with E-state index in [1.807, 2.05) is 62.4 Å². The number of carbonyl (C=O) groups excluding carboxylic acids is 1. The van der Waals surface area contributed by atoms with E-state index in [1.54, 1.807) is 45.3 Å². The molecule has 6 rings (SSSR count). The highest BCUT2D eigenvalue weighted by Crippen LogP contribution is 2.30.